The summed E-state index contributed by atoms with van der Waals surface area (Å²) in [5, 5.41) is 19.9. The molecule has 0 aliphatic carbocycles. The Labute approximate surface area is 122 Å². The lowest BCUT2D eigenvalue weighted by Gasteiger charge is -2.30. The van der Waals surface area contributed by atoms with Gasteiger partial charge >= 0.3 is 5.97 Å². The van der Waals surface area contributed by atoms with E-state index in [1.165, 1.54) is 32.9 Å². The maximum absolute atomic E-state index is 12.5. The average molecular weight is 316 g/mol. The van der Waals surface area contributed by atoms with Crippen molar-refractivity contribution in [3.05, 3.63) is 33.9 Å². The summed E-state index contributed by atoms with van der Waals surface area (Å²) in [5.74, 6) is -1.32. The maximum atomic E-state index is 12.5. The predicted molar refractivity (Wildman–Crippen MR) is 74.5 cm³/mol. The number of nitrogens with zero attached hydrogens (tertiary/aromatic N) is 2. The second kappa shape index (κ2) is 5.41. The molecule has 1 aromatic carbocycles. The van der Waals surface area contributed by atoms with Gasteiger partial charge in [-0.3, -0.25) is 14.9 Å². The van der Waals surface area contributed by atoms with Crippen molar-refractivity contribution in [2.24, 2.45) is 0 Å². The smallest absolute Gasteiger partial charge is 0.324 e. The first-order valence-corrected chi connectivity index (χ1v) is 7.34. The van der Waals surface area contributed by atoms with Crippen molar-refractivity contribution >= 4 is 21.7 Å². The van der Waals surface area contributed by atoms with Gasteiger partial charge in [-0.2, -0.15) is 4.31 Å². The minimum absolute atomic E-state index is 0.284. The average Bonchev–Trinajstić information content (AvgIpc) is 2.37. The zero-order valence-corrected chi connectivity index (χ0v) is 12.8. The van der Waals surface area contributed by atoms with E-state index >= 15 is 0 Å². The van der Waals surface area contributed by atoms with E-state index in [1.807, 2.05) is 0 Å². The Balaban J connectivity index is 3.48. The highest BCUT2D eigenvalue weighted by atomic mass is 32.2. The van der Waals surface area contributed by atoms with Crippen LogP contribution in [0.3, 0.4) is 0 Å². The van der Waals surface area contributed by atoms with Crippen molar-refractivity contribution < 1.29 is 23.2 Å². The molecule has 1 rings (SSSR count). The van der Waals surface area contributed by atoms with Crippen molar-refractivity contribution in [3.8, 4) is 0 Å². The second-order valence-corrected chi connectivity index (χ2v) is 6.98. The first-order chi connectivity index (χ1) is 9.42. The van der Waals surface area contributed by atoms with E-state index in [0.29, 0.717) is 9.87 Å². The third-order valence-corrected chi connectivity index (χ3v) is 5.50. The van der Waals surface area contributed by atoms with E-state index in [0.717, 1.165) is 13.1 Å². The number of aliphatic carboxylic acids is 1. The topological polar surface area (TPSA) is 118 Å². The number of hydrogen-bond donors (Lipinski definition) is 1. The number of rotatable bonds is 5. The molecule has 0 aliphatic rings. The van der Waals surface area contributed by atoms with Crippen LogP contribution in [0.2, 0.25) is 0 Å². The number of hydrogen-bond acceptors (Lipinski definition) is 5. The molecule has 0 bridgehead atoms. The SMILES string of the molecule is Cc1ccc([N+](=O)[O-])cc1S(=O)(=O)N(C)C(C)(C)C(=O)O. The molecular weight excluding hydrogens is 300 g/mol. The van der Waals surface area contributed by atoms with E-state index in [1.54, 1.807) is 0 Å². The zero-order chi connectivity index (χ0) is 16.6. The van der Waals surface area contributed by atoms with Crippen LogP contribution in [-0.2, 0) is 14.8 Å². The molecule has 0 aromatic heterocycles. The standard InChI is InChI=1S/C12H16N2O6S/c1-8-5-6-9(14(17)18)7-10(8)21(19,20)13(4)12(2,3)11(15)16/h5-7H,1-4H3,(H,15,16). The second-order valence-electron chi connectivity index (χ2n) is 5.04. The van der Waals surface area contributed by atoms with Crippen LogP contribution < -0.4 is 0 Å². The highest BCUT2D eigenvalue weighted by Gasteiger charge is 2.40. The largest absolute Gasteiger partial charge is 0.480 e. The van der Waals surface area contributed by atoms with Crippen LogP contribution in [0.25, 0.3) is 0 Å². The summed E-state index contributed by atoms with van der Waals surface area (Å²) in [6.07, 6.45) is 0. The van der Waals surface area contributed by atoms with Crippen LogP contribution in [0.15, 0.2) is 23.1 Å². The van der Waals surface area contributed by atoms with Gasteiger partial charge in [0.15, 0.2) is 0 Å². The summed E-state index contributed by atoms with van der Waals surface area (Å²) in [6.45, 7) is 3.96. The van der Waals surface area contributed by atoms with Gasteiger partial charge in [-0.1, -0.05) is 6.07 Å². The molecule has 0 saturated carbocycles. The van der Waals surface area contributed by atoms with Crippen LogP contribution in [-0.4, -0.2) is 41.3 Å². The summed E-state index contributed by atoms with van der Waals surface area (Å²) in [5.41, 5.74) is -1.76. The van der Waals surface area contributed by atoms with Gasteiger partial charge < -0.3 is 5.11 Å². The molecule has 9 heteroatoms. The molecule has 116 valence electrons. The van der Waals surface area contributed by atoms with Gasteiger partial charge in [-0.25, -0.2) is 8.42 Å². The minimum Gasteiger partial charge on any atom is -0.480 e. The summed E-state index contributed by atoms with van der Waals surface area (Å²) in [6, 6.07) is 3.43. The molecule has 0 radical (unpaired) electrons. The van der Waals surface area contributed by atoms with E-state index in [2.05, 4.69) is 0 Å². The molecular formula is C12H16N2O6S. The Morgan fingerprint density at radius 1 is 1.38 bits per heavy atom. The van der Waals surface area contributed by atoms with E-state index < -0.39 is 26.5 Å². The molecule has 0 aliphatic heterocycles. The molecule has 0 amide bonds. The number of non-ortho nitro benzene ring substituents is 1. The van der Waals surface area contributed by atoms with E-state index in [9.17, 15) is 23.3 Å². The Morgan fingerprint density at radius 2 is 1.90 bits per heavy atom. The summed E-state index contributed by atoms with van der Waals surface area (Å²) >= 11 is 0. The molecule has 0 fully saturated rings. The fourth-order valence-electron chi connectivity index (χ4n) is 1.56. The van der Waals surface area contributed by atoms with Crippen LogP contribution in [0.4, 0.5) is 5.69 Å². The Kier molecular flexibility index (Phi) is 4.40. The number of benzene rings is 1. The van der Waals surface area contributed by atoms with Crippen LogP contribution in [0.5, 0.6) is 0 Å². The summed E-state index contributed by atoms with van der Waals surface area (Å²) in [7, 11) is -3.05. The molecule has 1 aromatic rings. The fourth-order valence-corrected chi connectivity index (χ4v) is 3.28. The van der Waals surface area contributed by atoms with Gasteiger partial charge in [0.2, 0.25) is 10.0 Å². The maximum Gasteiger partial charge on any atom is 0.324 e. The fraction of sp³-hybridized carbons (Fsp3) is 0.417. The number of nitro benzene ring substituents is 1. The lowest BCUT2D eigenvalue weighted by molar-refractivity contribution is -0.385. The van der Waals surface area contributed by atoms with Gasteiger partial charge in [-0.15, -0.1) is 0 Å². The molecule has 21 heavy (non-hydrogen) atoms. The predicted octanol–water partition coefficient (Wildman–Crippen LogP) is 1.39. The number of likely N-dealkylation sites (N-methyl/N-ethyl adjacent to an activating group) is 1. The number of carbonyl (C=O) groups is 1. The molecule has 1 N–H and O–H groups in total. The molecule has 0 saturated heterocycles. The van der Waals surface area contributed by atoms with Gasteiger partial charge in [0, 0.05) is 19.2 Å². The lowest BCUT2D eigenvalue weighted by Crippen LogP contribution is -2.50. The van der Waals surface area contributed by atoms with Gasteiger partial charge in [0.25, 0.3) is 5.69 Å². The highest BCUT2D eigenvalue weighted by molar-refractivity contribution is 7.89. The molecule has 0 heterocycles. The van der Waals surface area contributed by atoms with Gasteiger partial charge in [0.1, 0.15) is 5.54 Å². The van der Waals surface area contributed by atoms with Gasteiger partial charge in [0.05, 0.1) is 9.82 Å². The Morgan fingerprint density at radius 3 is 2.33 bits per heavy atom. The normalized spacial score (nSPS) is 12.4. The number of nitro groups is 1. The minimum atomic E-state index is -4.18. The monoisotopic (exact) mass is 316 g/mol. The van der Waals surface area contributed by atoms with E-state index in [4.69, 9.17) is 5.11 Å². The van der Waals surface area contributed by atoms with E-state index in [-0.39, 0.29) is 10.6 Å². The number of carboxylic acids is 1. The van der Waals surface area contributed by atoms with Crippen LogP contribution in [0, 0.1) is 17.0 Å². The lowest BCUT2D eigenvalue weighted by atomic mass is 10.1. The molecule has 0 spiro atoms. The number of aryl methyl sites for hydroxylation is 1. The van der Waals surface area contributed by atoms with Gasteiger partial charge in [-0.05, 0) is 26.3 Å². The third kappa shape index (κ3) is 3.03. The zero-order valence-electron chi connectivity index (χ0n) is 12.0. The molecule has 8 nitrogen and oxygen atoms in total. The number of sulfonamides is 1. The van der Waals surface area contributed by atoms with Crippen molar-refractivity contribution in [3.63, 3.8) is 0 Å². The van der Waals surface area contributed by atoms with Crippen molar-refractivity contribution in [1.82, 2.24) is 4.31 Å². The Hall–Kier alpha value is -2.00. The van der Waals surface area contributed by atoms with Crippen molar-refractivity contribution in [2.75, 3.05) is 7.05 Å². The first-order valence-electron chi connectivity index (χ1n) is 5.90. The molecule has 0 atom stereocenters. The number of carboxylic acid groups (broad SMARTS) is 1. The Bertz CT molecular complexity index is 696. The summed E-state index contributed by atoms with van der Waals surface area (Å²) in [4.78, 5) is 21.0. The van der Waals surface area contributed by atoms with Crippen LogP contribution in [0.1, 0.15) is 19.4 Å². The quantitative estimate of drug-likeness (QED) is 0.647. The summed E-state index contributed by atoms with van der Waals surface area (Å²) < 4.78 is 25.7. The third-order valence-electron chi connectivity index (χ3n) is 3.33. The van der Waals surface area contributed by atoms with Crippen LogP contribution >= 0.6 is 0 Å². The molecule has 0 unspecified atom stereocenters. The van der Waals surface area contributed by atoms with Crippen molar-refractivity contribution in [1.29, 1.82) is 0 Å². The highest BCUT2D eigenvalue weighted by Crippen LogP contribution is 2.28. The van der Waals surface area contributed by atoms with Crippen molar-refractivity contribution in [2.45, 2.75) is 31.2 Å². The first kappa shape index (κ1) is 17.1.